The third-order valence-electron chi connectivity index (χ3n) is 7.36. The molecule has 0 radical (unpaired) electrons. The van der Waals surface area contributed by atoms with Gasteiger partial charge in [-0.15, -0.1) is 0 Å². The summed E-state index contributed by atoms with van der Waals surface area (Å²) in [5, 5.41) is 0. The average molecular weight is 499 g/mol. The molecule has 0 aromatic heterocycles. The second-order valence-electron chi connectivity index (χ2n) is 9.37. The maximum atomic E-state index is 13.1. The van der Waals surface area contributed by atoms with Crippen molar-refractivity contribution in [1.29, 1.82) is 0 Å². The topological polar surface area (TPSA) is 109 Å². The minimum atomic E-state index is -3.84. The fourth-order valence-corrected chi connectivity index (χ4v) is 10.1. The highest BCUT2D eigenvalue weighted by atomic mass is 32.2. The van der Waals surface area contributed by atoms with Crippen LogP contribution < -0.4 is 0 Å². The minimum absolute atomic E-state index is 0.138. The van der Waals surface area contributed by atoms with Crippen LogP contribution in [0.5, 0.6) is 0 Å². The van der Waals surface area contributed by atoms with Crippen LogP contribution in [0.3, 0.4) is 0 Å². The lowest BCUT2D eigenvalue weighted by atomic mass is 10.0. The van der Waals surface area contributed by atoms with Gasteiger partial charge in [-0.05, 0) is 35.1 Å². The van der Waals surface area contributed by atoms with Crippen molar-refractivity contribution in [1.82, 2.24) is 8.61 Å². The van der Waals surface area contributed by atoms with E-state index in [4.69, 9.17) is 0 Å². The van der Waals surface area contributed by atoms with Crippen molar-refractivity contribution in [3.8, 4) is 0 Å². The first-order valence-corrected chi connectivity index (χ1v) is 14.3. The summed E-state index contributed by atoms with van der Waals surface area (Å²) in [6, 6.07) is 13.7. The monoisotopic (exact) mass is 498 g/mol. The number of hydrogen-bond acceptors (Lipinski definition) is 6. The Balaban J connectivity index is 1.29. The zero-order valence-electron chi connectivity index (χ0n) is 18.1. The van der Waals surface area contributed by atoms with Crippen molar-refractivity contribution in [2.24, 2.45) is 11.8 Å². The number of fused-ring (bicyclic) bond motifs is 6. The first-order chi connectivity index (χ1) is 16.2. The van der Waals surface area contributed by atoms with Gasteiger partial charge < -0.3 is 0 Å². The maximum absolute atomic E-state index is 13.1. The quantitative estimate of drug-likeness (QED) is 0.584. The van der Waals surface area contributed by atoms with Crippen molar-refractivity contribution in [2.45, 2.75) is 24.9 Å². The normalized spacial score (nSPS) is 29.6. The highest BCUT2D eigenvalue weighted by molar-refractivity contribution is 7.90. The Bertz CT molecular complexity index is 1370. The lowest BCUT2D eigenvalue weighted by Gasteiger charge is -2.23. The Morgan fingerprint density at radius 2 is 1.06 bits per heavy atom. The lowest BCUT2D eigenvalue weighted by molar-refractivity contribution is -0.125. The molecule has 2 aliphatic heterocycles. The zero-order chi connectivity index (χ0) is 23.8. The molecule has 34 heavy (non-hydrogen) atoms. The smallest absolute Gasteiger partial charge is 0.260 e. The fourth-order valence-electron chi connectivity index (χ4n) is 6.13. The number of amides is 2. The average Bonchev–Trinajstić information content (AvgIpc) is 3.44. The molecular weight excluding hydrogens is 476 g/mol. The Morgan fingerprint density at radius 1 is 0.676 bits per heavy atom. The molecule has 0 N–H and O–H groups in total. The van der Waals surface area contributed by atoms with Gasteiger partial charge in [0.15, 0.2) is 0 Å². The minimum Gasteiger partial charge on any atom is -0.269 e. The molecule has 4 aliphatic rings. The van der Waals surface area contributed by atoms with Gasteiger partial charge in [0.2, 0.25) is 20.0 Å². The molecule has 0 saturated carbocycles. The molecule has 176 valence electrons. The number of sulfonamides is 2. The van der Waals surface area contributed by atoms with Crippen molar-refractivity contribution in [3.05, 3.63) is 82.9 Å². The summed E-state index contributed by atoms with van der Waals surface area (Å²) < 4.78 is 52.9. The van der Waals surface area contributed by atoms with E-state index in [2.05, 4.69) is 0 Å². The molecule has 8 nitrogen and oxygen atoms in total. The van der Waals surface area contributed by atoms with Gasteiger partial charge in [-0.3, -0.25) is 9.59 Å². The Hall–Kier alpha value is -2.98. The summed E-state index contributed by atoms with van der Waals surface area (Å²) in [5.74, 6) is -2.41. The van der Waals surface area contributed by atoms with E-state index in [0.717, 1.165) is 43.0 Å². The van der Waals surface area contributed by atoms with Crippen molar-refractivity contribution < 1.29 is 26.4 Å². The number of nitrogens with zero attached hydrogens (tertiary/aromatic N) is 2. The van der Waals surface area contributed by atoms with E-state index in [9.17, 15) is 26.4 Å². The van der Waals surface area contributed by atoms with Gasteiger partial charge in [-0.2, -0.15) is 0 Å². The number of benzene rings is 2. The zero-order valence-corrected chi connectivity index (χ0v) is 19.7. The predicted octanol–water partition coefficient (Wildman–Crippen LogP) is 1.71. The van der Waals surface area contributed by atoms with Crippen LogP contribution >= 0.6 is 0 Å². The summed E-state index contributed by atoms with van der Waals surface area (Å²) in [6.45, 7) is 0. The van der Waals surface area contributed by atoms with E-state index in [1.165, 1.54) is 0 Å². The summed E-state index contributed by atoms with van der Waals surface area (Å²) in [4.78, 5) is 26.1. The predicted molar refractivity (Wildman–Crippen MR) is 123 cm³/mol. The summed E-state index contributed by atoms with van der Waals surface area (Å²) in [5.41, 5.74) is 3.63. The van der Waals surface area contributed by atoms with E-state index in [0.29, 0.717) is 12.8 Å². The van der Waals surface area contributed by atoms with Crippen molar-refractivity contribution in [3.63, 3.8) is 0 Å². The van der Waals surface area contributed by atoms with Crippen LogP contribution in [0, 0.1) is 11.8 Å². The standard InChI is InChI=1S/C24H22N2O6S2/c27-21(25-23-17(13-33(25,29)30)11-15-5-1-3-7-19(15)23)9-10-22(28)26-24-18(14-34(26,31)32)12-16-6-2-4-8-20(16)24/h1-10,17-18,23-24H,11-14H2/b10-9+/t17-,18-,23+,24+/m0/s1. The third-order valence-corrected chi connectivity index (χ3v) is 11.1. The highest BCUT2D eigenvalue weighted by Gasteiger charge is 2.53. The van der Waals surface area contributed by atoms with E-state index in [1.54, 1.807) is 0 Å². The molecule has 0 unspecified atom stereocenters. The van der Waals surface area contributed by atoms with Crippen molar-refractivity contribution >= 4 is 31.9 Å². The van der Waals surface area contributed by atoms with Crippen LogP contribution in [0.15, 0.2) is 60.7 Å². The molecule has 2 aromatic rings. The van der Waals surface area contributed by atoms with Gasteiger partial charge in [0.25, 0.3) is 11.8 Å². The van der Waals surface area contributed by atoms with Crippen LogP contribution in [-0.4, -0.2) is 48.8 Å². The van der Waals surface area contributed by atoms with E-state index < -0.39 is 43.9 Å². The second-order valence-corrected chi connectivity index (χ2v) is 13.2. The number of carbonyl (C=O) groups excluding carboxylic acids is 2. The van der Waals surface area contributed by atoms with Gasteiger partial charge >= 0.3 is 0 Å². The van der Waals surface area contributed by atoms with Crippen LogP contribution in [0.4, 0.5) is 0 Å². The molecule has 4 atom stereocenters. The Labute approximate surface area is 198 Å². The highest BCUT2D eigenvalue weighted by Crippen LogP contribution is 2.48. The molecular formula is C24H22N2O6S2. The van der Waals surface area contributed by atoms with E-state index in [-0.39, 0.29) is 23.3 Å². The maximum Gasteiger partial charge on any atom is 0.260 e. The van der Waals surface area contributed by atoms with Crippen LogP contribution in [-0.2, 0) is 42.5 Å². The fraction of sp³-hybridized carbons (Fsp3) is 0.333. The Morgan fingerprint density at radius 3 is 1.47 bits per heavy atom. The van der Waals surface area contributed by atoms with Crippen LogP contribution in [0.25, 0.3) is 0 Å². The van der Waals surface area contributed by atoms with Gasteiger partial charge in [0, 0.05) is 24.0 Å². The number of hydrogen-bond donors (Lipinski definition) is 0. The molecule has 0 spiro atoms. The summed E-state index contributed by atoms with van der Waals surface area (Å²) in [7, 11) is -7.69. The molecule has 2 aliphatic carbocycles. The number of carbonyl (C=O) groups is 2. The Kier molecular flexibility index (Phi) is 4.60. The molecule has 10 heteroatoms. The van der Waals surface area contributed by atoms with Crippen LogP contribution in [0.2, 0.25) is 0 Å². The molecule has 6 rings (SSSR count). The van der Waals surface area contributed by atoms with Gasteiger partial charge in [0.1, 0.15) is 0 Å². The molecule has 2 saturated heterocycles. The molecule has 2 fully saturated rings. The third kappa shape index (κ3) is 3.08. The van der Waals surface area contributed by atoms with Gasteiger partial charge in [-0.25, -0.2) is 25.4 Å². The molecule has 2 amide bonds. The second kappa shape index (κ2) is 7.26. The summed E-state index contributed by atoms with van der Waals surface area (Å²) in [6.07, 6.45) is 2.93. The van der Waals surface area contributed by atoms with E-state index >= 15 is 0 Å². The van der Waals surface area contributed by atoms with Gasteiger partial charge in [0.05, 0.1) is 23.6 Å². The molecule has 0 bridgehead atoms. The lowest BCUT2D eigenvalue weighted by Crippen LogP contribution is -2.35. The first kappa shape index (κ1) is 21.5. The number of rotatable bonds is 2. The summed E-state index contributed by atoms with van der Waals surface area (Å²) >= 11 is 0. The largest absolute Gasteiger partial charge is 0.269 e. The van der Waals surface area contributed by atoms with E-state index in [1.807, 2.05) is 48.5 Å². The first-order valence-electron chi connectivity index (χ1n) is 11.1. The van der Waals surface area contributed by atoms with Crippen LogP contribution in [0.1, 0.15) is 34.3 Å². The van der Waals surface area contributed by atoms with Gasteiger partial charge in [-0.1, -0.05) is 48.5 Å². The van der Waals surface area contributed by atoms with Crippen molar-refractivity contribution in [2.75, 3.05) is 11.5 Å². The SMILES string of the molecule is O=C(/C=C/C(=O)N1[C@H]2c3ccccc3C[C@H]2CS1(=O)=O)N1[C@H]2c3ccccc3C[C@H]2CS1(=O)=O. The molecule has 2 heterocycles. The molecule has 2 aromatic carbocycles.